The minimum absolute atomic E-state index is 0.0518. The van der Waals surface area contributed by atoms with Crippen LogP contribution in [0.5, 0.6) is 0 Å². The molecule has 0 amide bonds. The zero-order valence-corrected chi connectivity index (χ0v) is 15.7. The lowest BCUT2D eigenvalue weighted by Gasteiger charge is -2.28. The molecule has 1 saturated carbocycles. The van der Waals surface area contributed by atoms with Crippen LogP contribution in [0.2, 0.25) is 0 Å². The molecular weight excluding hydrogens is 389 g/mol. The summed E-state index contributed by atoms with van der Waals surface area (Å²) in [5.74, 6) is -0.416. The Hall–Kier alpha value is -2.54. The van der Waals surface area contributed by atoms with Gasteiger partial charge in [0.1, 0.15) is 23.3 Å². The van der Waals surface area contributed by atoms with Crippen molar-refractivity contribution in [1.82, 2.24) is 4.98 Å². The Bertz CT molecular complexity index is 873. The number of aromatic nitrogens is 1. The number of hydrogen-bond acceptors (Lipinski definition) is 6. The number of piperidine rings is 1. The van der Waals surface area contributed by atoms with Crippen LogP contribution in [0.1, 0.15) is 30.9 Å². The summed E-state index contributed by atoms with van der Waals surface area (Å²) in [5, 5.41) is 28.3. The molecule has 2 aliphatic heterocycles. The standard InChI is InChI=1S/C19H21F3N4O3/c1-9-2-10(27)6-26(9)18-12(5-23)15(19(20,21)22)4-16(24-18)25-7-13-11(3-17(28)29)14(13)8-25/h4,9-11,13-14,27H,2-3,6-8H2,1H3,(H,28,29)/t9-,10-,11-,13-,14+/m0/s1. The van der Waals surface area contributed by atoms with E-state index in [-0.39, 0.29) is 48.4 Å². The van der Waals surface area contributed by atoms with E-state index in [2.05, 4.69) is 4.98 Å². The zero-order chi connectivity index (χ0) is 21.1. The highest BCUT2D eigenvalue weighted by Gasteiger charge is 2.56. The molecule has 10 heteroatoms. The number of carbonyl (C=O) groups is 1. The molecule has 0 spiro atoms. The molecule has 3 heterocycles. The van der Waals surface area contributed by atoms with Gasteiger partial charge in [0.15, 0.2) is 0 Å². The Balaban J connectivity index is 1.68. The van der Waals surface area contributed by atoms with Crippen molar-refractivity contribution in [1.29, 1.82) is 5.26 Å². The summed E-state index contributed by atoms with van der Waals surface area (Å²) >= 11 is 0. The third kappa shape index (κ3) is 3.48. The summed E-state index contributed by atoms with van der Waals surface area (Å²) in [4.78, 5) is 18.6. The number of halogens is 3. The predicted octanol–water partition coefficient (Wildman–Crippen LogP) is 2.09. The number of alkyl halides is 3. The van der Waals surface area contributed by atoms with Gasteiger partial charge in [0, 0.05) is 32.1 Å². The van der Waals surface area contributed by atoms with E-state index in [1.54, 1.807) is 22.8 Å². The van der Waals surface area contributed by atoms with E-state index in [9.17, 15) is 28.3 Å². The van der Waals surface area contributed by atoms with Gasteiger partial charge in [-0.1, -0.05) is 0 Å². The Kier molecular flexibility index (Phi) is 4.61. The first kappa shape index (κ1) is 19.8. The van der Waals surface area contributed by atoms with Crippen LogP contribution in [-0.2, 0) is 11.0 Å². The van der Waals surface area contributed by atoms with Crippen molar-refractivity contribution in [3.63, 3.8) is 0 Å². The SMILES string of the molecule is C[C@H]1C[C@H](O)CN1c1nc(N2C[C@@H]3[C@@H](CC(=O)O)[C@@H]3C2)cc(C(F)(F)F)c1C#N. The number of aliphatic hydroxyl groups is 1. The highest BCUT2D eigenvalue weighted by molar-refractivity contribution is 5.68. The monoisotopic (exact) mass is 410 g/mol. The number of nitrogens with zero attached hydrogens (tertiary/aromatic N) is 4. The number of fused-ring (bicyclic) bond motifs is 1. The summed E-state index contributed by atoms with van der Waals surface area (Å²) in [6, 6.07) is 2.33. The molecule has 3 aliphatic rings. The number of anilines is 2. The number of carboxylic acid groups (broad SMARTS) is 1. The fourth-order valence-electron chi connectivity index (χ4n) is 4.86. The van der Waals surface area contributed by atoms with Gasteiger partial charge in [0.05, 0.1) is 11.7 Å². The highest BCUT2D eigenvalue weighted by Crippen LogP contribution is 2.54. The quantitative estimate of drug-likeness (QED) is 0.784. The molecule has 156 valence electrons. The topological polar surface area (TPSA) is 101 Å². The second kappa shape index (κ2) is 6.76. The van der Waals surface area contributed by atoms with E-state index in [4.69, 9.17) is 5.11 Å². The molecular formula is C19H21F3N4O3. The zero-order valence-electron chi connectivity index (χ0n) is 15.7. The van der Waals surface area contributed by atoms with Gasteiger partial charge in [-0.25, -0.2) is 4.98 Å². The Morgan fingerprint density at radius 1 is 1.34 bits per heavy atom. The molecule has 2 N–H and O–H groups in total. The number of carboxylic acids is 1. The van der Waals surface area contributed by atoms with Crippen LogP contribution in [0.3, 0.4) is 0 Å². The molecule has 7 nitrogen and oxygen atoms in total. The number of rotatable bonds is 4. The molecule has 0 aromatic carbocycles. The first-order chi connectivity index (χ1) is 13.6. The van der Waals surface area contributed by atoms with Gasteiger partial charge in [-0.05, 0) is 37.2 Å². The maximum Gasteiger partial charge on any atom is 0.417 e. The first-order valence-corrected chi connectivity index (χ1v) is 9.54. The van der Waals surface area contributed by atoms with Crippen molar-refractivity contribution in [2.45, 2.75) is 38.1 Å². The summed E-state index contributed by atoms with van der Waals surface area (Å²) in [5.41, 5.74) is -1.56. The smallest absolute Gasteiger partial charge is 0.417 e. The van der Waals surface area contributed by atoms with Crippen molar-refractivity contribution in [3.8, 4) is 6.07 Å². The van der Waals surface area contributed by atoms with Crippen LogP contribution in [0.15, 0.2) is 6.07 Å². The number of aliphatic hydroxyl groups excluding tert-OH is 1. The fraction of sp³-hybridized carbons (Fsp3) is 0.632. The molecule has 1 aromatic rings. The van der Waals surface area contributed by atoms with Crippen LogP contribution in [-0.4, -0.2) is 52.9 Å². The fourth-order valence-corrected chi connectivity index (χ4v) is 4.86. The number of aliphatic carboxylic acids is 1. The molecule has 4 rings (SSSR count). The first-order valence-electron chi connectivity index (χ1n) is 9.54. The van der Waals surface area contributed by atoms with Crippen LogP contribution < -0.4 is 9.80 Å². The Labute approximate surface area is 165 Å². The third-order valence-electron chi connectivity index (χ3n) is 6.33. The van der Waals surface area contributed by atoms with Gasteiger partial charge in [0.25, 0.3) is 0 Å². The second-order valence-electron chi connectivity index (χ2n) is 8.22. The van der Waals surface area contributed by atoms with Crippen molar-refractivity contribution in [2.75, 3.05) is 29.4 Å². The molecule has 1 aromatic heterocycles. The van der Waals surface area contributed by atoms with Gasteiger partial charge in [-0.3, -0.25) is 4.79 Å². The Morgan fingerprint density at radius 3 is 2.48 bits per heavy atom. The number of pyridine rings is 1. The minimum Gasteiger partial charge on any atom is -0.481 e. The second-order valence-corrected chi connectivity index (χ2v) is 8.22. The van der Waals surface area contributed by atoms with Crippen LogP contribution in [0, 0.1) is 29.1 Å². The van der Waals surface area contributed by atoms with Gasteiger partial charge < -0.3 is 20.0 Å². The number of nitriles is 1. The largest absolute Gasteiger partial charge is 0.481 e. The highest BCUT2D eigenvalue weighted by atomic mass is 19.4. The minimum atomic E-state index is -4.71. The maximum atomic E-state index is 13.7. The Morgan fingerprint density at radius 2 is 2.00 bits per heavy atom. The number of β-amino-alcohol motifs (C(OH)–C–C–N with tert-alkyl or cyclic N) is 1. The van der Waals surface area contributed by atoms with E-state index in [0.29, 0.717) is 19.5 Å². The van der Waals surface area contributed by atoms with E-state index in [1.807, 2.05) is 0 Å². The van der Waals surface area contributed by atoms with Crippen molar-refractivity contribution >= 4 is 17.6 Å². The van der Waals surface area contributed by atoms with E-state index in [1.165, 1.54) is 0 Å². The van der Waals surface area contributed by atoms with Crippen molar-refractivity contribution in [2.24, 2.45) is 17.8 Å². The van der Waals surface area contributed by atoms with Gasteiger partial charge in [-0.15, -0.1) is 0 Å². The number of hydrogen-bond donors (Lipinski definition) is 2. The van der Waals surface area contributed by atoms with Gasteiger partial charge >= 0.3 is 12.1 Å². The van der Waals surface area contributed by atoms with Crippen molar-refractivity contribution in [3.05, 3.63) is 17.2 Å². The third-order valence-corrected chi connectivity index (χ3v) is 6.33. The molecule has 0 unspecified atom stereocenters. The molecule has 3 fully saturated rings. The molecule has 5 atom stereocenters. The van der Waals surface area contributed by atoms with Gasteiger partial charge in [0.2, 0.25) is 0 Å². The van der Waals surface area contributed by atoms with E-state index >= 15 is 0 Å². The molecule has 0 radical (unpaired) electrons. The molecule has 1 aliphatic carbocycles. The normalized spacial score (nSPS) is 31.0. The molecule has 0 bridgehead atoms. The summed E-state index contributed by atoms with van der Waals surface area (Å²) in [7, 11) is 0. The average molecular weight is 410 g/mol. The van der Waals surface area contributed by atoms with Crippen LogP contribution >= 0.6 is 0 Å². The molecule has 29 heavy (non-hydrogen) atoms. The predicted molar refractivity (Wildman–Crippen MR) is 96.3 cm³/mol. The lowest BCUT2D eigenvalue weighted by atomic mass is 10.1. The van der Waals surface area contributed by atoms with E-state index < -0.39 is 29.4 Å². The summed E-state index contributed by atoms with van der Waals surface area (Å²) in [6.07, 6.45) is -4.93. The van der Waals surface area contributed by atoms with Crippen LogP contribution in [0.25, 0.3) is 0 Å². The molecule has 2 saturated heterocycles. The lowest BCUT2D eigenvalue weighted by Crippen LogP contribution is -2.32. The van der Waals surface area contributed by atoms with Crippen LogP contribution in [0.4, 0.5) is 24.8 Å². The maximum absolute atomic E-state index is 13.7. The van der Waals surface area contributed by atoms with E-state index in [0.717, 1.165) is 6.07 Å². The lowest BCUT2D eigenvalue weighted by molar-refractivity contribution is -0.138. The van der Waals surface area contributed by atoms with Crippen molar-refractivity contribution < 1.29 is 28.2 Å². The summed E-state index contributed by atoms with van der Waals surface area (Å²) in [6.45, 7) is 2.81. The average Bonchev–Trinajstić information content (AvgIpc) is 2.96. The van der Waals surface area contributed by atoms with Gasteiger partial charge in [-0.2, -0.15) is 18.4 Å². The summed E-state index contributed by atoms with van der Waals surface area (Å²) < 4.78 is 41.1.